The van der Waals surface area contributed by atoms with E-state index in [2.05, 4.69) is 5.32 Å². The molecular weight excluding hydrogens is 266 g/mol. The standard InChI is InChI=1S/C14H12ClNO3/c15-10-4-1-3-9(7-10)8-16-14(19)13-11(17)5-2-6-12(13)18/h1-7,17-18H,8H2,(H,16,19). The highest BCUT2D eigenvalue weighted by atomic mass is 35.5. The van der Waals surface area contributed by atoms with Crippen molar-refractivity contribution in [3.63, 3.8) is 0 Å². The van der Waals surface area contributed by atoms with E-state index in [9.17, 15) is 15.0 Å². The predicted molar refractivity (Wildman–Crippen MR) is 72.4 cm³/mol. The Hall–Kier alpha value is -2.20. The molecule has 0 atom stereocenters. The topological polar surface area (TPSA) is 69.6 Å². The molecule has 0 spiro atoms. The molecule has 5 heteroatoms. The Bertz CT molecular complexity index is 593. The van der Waals surface area contributed by atoms with Crippen molar-refractivity contribution in [1.29, 1.82) is 0 Å². The van der Waals surface area contributed by atoms with Gasteiger partial charge in [0.15, 0.2) is 0 Å². The fraction of sp³-hybridized carbons (Fsp3) is 0.0714. The first-order valence-electron chi connectivity index (χ1n) is 5.61. The van der Waals surface area contributed by atoms with Crippen LogP contribution in [0.25, 0.3) is 0 Å². The molecule has 0 saturated carbocycles. The van der Waals surface area contributed by atoms with Gasteiger partial charge in [-0.15, -0.1) is 0 Å². The van der Waals surface area contributed by atoms with E-state index in [0.29, 0.717) is 5.02 Å². The average Bonchev–Trinajstić information content (AvgIpc) is 2.36. The van der Waals surface area contributed by atoms with E-state index in [1.807, 2.05) is 6.07 Å². The second-order valence-electron chi connectivity index (χ2n) is 3.98. The molecule has 0 heterocycles. The molecule has 1 amide bonds. The molecule has 3 N–H and O–H groups in total. The fourth-order valence-electron chi connectivity index (χ4n) is 1.68. The van der Waals surface area contributed by atoms with Crippen molar-refractivity contribution in [3.8, 4) is 11.5 Å². The number of rotatable bonds is 3. The molecule has 0 aliphatic rings. The maximum atomic E-state index is 11.9. The van der Waals surface area contributed by atoms with E-state index < -0.39 is 5.91 Å². The zero-order chi connectivity index (χ0) is 13.8. The molecule has 0 bridgehead atoms. The maximum Gasteiger partial charge on any atom is 0.259 e. The van der Waals surface area contributed by atoms with Crippen molar-refractivity contribution in [2.45, 2.75) is 6.54 Å². The van der Waals surface area contributed by atoms with Crippen LogP contribution < -0.4 is 5.32 Å². The number of aromatic hydroxyl groups is 2. The molecule has 4 nitrogen and oxygen atoms in total. The number of nitrogens with one attached hydrogen (secondary N) is 1. The normalized spacial score (nSPS) is 10.2. The first-order valence-corrected chi connectivity index (χ1v) is 5.99. The Kier molecular flexibility index (Phi) is 3.92. The number of halogens is 1. The molecule has 0 saturated heterocycles. The summed E-state index contributed by atoms with van der Waals surface area (Å²) in [4.78, 5) is 11.9. The molecule has 2 rings (SSSR count). The van der Waals surface area contributed by atoms with Gasteiger partial charge in [-0.1, -0.05) is 29.8 Å². The lowest BCUT2D eigenvalue weighted by Crippen LogP contribution is -2.22. The quantitative estimate of drug-likeness (QED) is 0.808. The lowest BCUT2D eigenvalue weighted by Gasteiger charge is -2.08. The fourth-order valence-corrected chi connectivity index (χ4v) is 1.89. The molecule has 19 heavy (non-hydrogen) atoms. The number of carbonyl (C=O) groups is 1. The molecule has 0 aromatic heterocycles. The number of amides is 1. The van der Waals surface area contributed by atoms with Crippen LogP contribution in [0, 0.1) is 0 Å². The first kappa shape index (κ1) is 13.2. The van der Waals surface area contributed by atoms with Gasteiger partial charge in [-0.2, -0.15) is 0 Å². The van der Waals surface area contributed by atoms with Crippen LogP contribution in [0.15, 0.2) is 42.5 Å². The summed E-state index contributed by atoms with van der Waals surface area (Å²) < 4.78 is 0. The van der Waals surface area contributed by atoms with Crippen LogP contribution in [0.1, 0.15) is 15.9 Å². The molecule has 2 aromatic rings. The zero-order valence-corrected chi connectivity index (χ0v) is 10.7. The van der Waals surface area contributed by atoms with Crippen LogP contribution >= 0.6 is 11.6 Å². The summed E-state index contributed by atoms with van der Waals surface area (Å²) in [6, 6.07) is 11.2. The van der Waals surface area contributed by atoms with Gasteiger partial charge in [0.1, 0.15) is 17.1 Å². The second-order valence-corrected chi connectivity index (χ2v) is 4.42. The smallest absolute Gasteiger partial charge is 0.259 e. The first-order chi connectivity index (χ1) is 9.08. The van der Waals surface area contributed by atoms with Crippen molar-refractivity contribution in [3.05, 3.63) is 58.6 Å². The number of hydrogen-bond donors (Lipinski definition) is 3. The SMILES string of the molecule is O=C(NCc1cccc(Cl)c1)c1c(O)cccc1O. The van der Waals surface area contributed by atoms with Crippen LogP contribution in [0.5, 0.6) is 11.5 Å². The average molecular weight is 278 g/mol. The summed E-state index contributed by atoms with van der Waals surface area (Å²) in [6.07, 6.45) is 0. The Balaban J connectivity index is 2.10. The van der Waals surface area contributed by atoms with E-state index in [1.54, 1.807) is 18.2 Å². The third-order valence-corrected chi connectivity index (χ3v) is 2.82. The van der Waals surface area contributed by atoms with Crippen molar-refractivity contribution < 1.29 is 15.0 Å². The van der Waals surface area contributed by atoms with Gasteiger partial charge in [0.2, 0.25) is 0 Å². The number of phenolic OH excluding ortho intramolecular Hbond substituents is 2. The van der Waals surface area contributed by atoms with Crippen LogP contribution in [-0.2, 0) is 6.54 Å². The summed E-state index contributed by atoms with van der Waals surface area (Å²) >= 11 is 5.83. The van der Waals surface area contributed by atoms with E-state index in [4.69, 9.17) is 11.6 Å². The van der Waals surface area contributed by atoms with Gasteiger partial charge in [0.05, 0.1) is 0 Å². The number of carbonyl (C=O) groups excluding carboxylic acids is 1. The van der Waals surface area contributed by atoms with E-state index >= 15 is 0 Å². The molecule has 0 aliphatic heterocycles. The van der Waals surface area contributed by atoms with Crippen molar-refractivity contribution in [2.75, 3.05) is 0 Å². The second kappa shape index (κ2) is 5.63. The molecule has 2 aromatic carbocycles. The largest absolute Gasteiger partial charge is 0.507 e. The van der Waals surface area contributed by atoms with Crippen LogP contribution in [0.2, 0.25) is 5.02 Å². The molecule has 0 aliphatic carbocycles. The van der Waals surface area contributed by atoms with Gasteiger partial charge in [-0.25, -0.2) is 0 Å². The summed E-state index contributed by atoms with van der Waals surface area (Å²) in [5.74, 6) is -1.07. The Labute approximate surface area is 115 Å². The molecule has 0 unspecified atom stereocenters. The van der Waals surface area contributed by atoms with Crippen molar-refractivity contribution >= 4 is 17.5 Å². The zero-order valence-electron chi connectivity index (χ0n) is 9.93. The Morgan fingerprint density at radius 2 is 1.74 bits per heavy atom. The summed E-state index contributed by atoms with van der Waals surface area (Å²) in [5.41, 5.74) is 0.695. The van der Waals surface area contributed by atoms with Gasteiger partial charge in [0, 0.05) is 11.6 Å². The third kappa shape index (κ3) is 3.17. The molecule has 0 radical (unpaired) electrons. The molecular formula is C14H12ClNO3. The Morgan fingerprint density at radius 1 is 1.11 bits per heavy atom. The van der Waals surface area contributed by atoms with Crippen LogP contribution in [-0.4, -0.2) is 16.1 Å². The minimum Gasteiger partial charge on any atom is -0.507 e. The van der Waals surface area contributed by atoms with Crippen LogP contribution in [0.4, 0.5) is 0 Å². The van der Waals surface area contributed by atoms with E-state index in [-0.39, 0.29) is 23.6 Å². The highest BCUT2D eigenvalue weighted by Gasteiger charge is 2.15. The van der Waals surface area contributed by atoms with Gasteiger partial charge in [-0.05, 0) is 29.8 Å². The monoisotopic (exact) mass is 277 g/mol. The number of benzene rings is 2. The third-order valence-electron chi connectivity index (χ3n) is 2.59. The van der Waals surface area contributed by atoms with Gasteiger partial charge in [0.25, 0.3) is 5.91 Å². The van der Waals surface area contributed by atoms with Crippen molar-refractivity contribution in [2.24, 2.45) is 0 Å². The predicted octanol–water partition coefficient (Wildman–Crippen LogP) is 2.68. The lowest BCUT2D eigenvalue weighted by atomic mass is 10.1. The summed E-state index contributed by atoms with van der Waals surface area (Å²) in [7, 11) is 0. The number of phenols is 2. The lowest BCUT2D eigenvalue weighted by molar-refractivity contribution is 0.0945. The highest BCUT2D eigenvalue weighted by Crippen LogP contribution is 2.25. The highest BCUT2D eigenvalue weighted by molar-refractivity contribution is 6.30. The van der Waals surface area contributed by atoms with Gasteiger partial charge < -0.3 is 15.5 Å². The van der Waals surface area contributed by atoms with E-state index in [1.165, 1.54) is 18.2 Å². The molecule has 98 valence electrons. The van der Waals surface area contributed by atoms with Crippen LogP contribution in [0.3, 0.4) is 0 Å². The minimum atomic E-state index is -0.546. The van der Waals surface area contributed by atoms with Crippen molar-refractivity contribution in [1.82, 2.24) is 5.32 Å². The molecule has 0 fully saturated rings. The van der Waals surface area contributed by atoms with Gasteiger partial charge >= 0.3 is 0 Å². The number of hydrogen-bond acceptors (Lipinski definition) is 3. The minimum absolute atomic E-state index is 0.135. The van der Waals surface area contributed by atoms with Gasteiger partial charge in [-0.3, -0.25) is 4.79 Å². The maximum absolute atomic E-state index is 11.9. The van der Waals surface area contributed by atoms with E-state index in [0.717, 1.165) is 5.56 Å². The summed E-state index contributed by atoms with van der Waals surface area (Å²) in [6.45, 7) is 0.257. The Morgan fingerprint density at radius 3 is 2.37 bits per heavy atom. The summed E-state index contributed by atoms with van der Waals surface area (Å²) in [5, 5.41) is 22.3.